The maximum atomic E-state index is 10.7. The normalized spacial score (nSPS) is 12.8. The van der Waals surface area contributed by atoms with Crippen LogP contribution in [0.1, 0.15) is 31.4 Å². The molecule has 1 heterocycles. The van der Waals surface area contributed by atoms with Gasteiger partial charge in [0.25, 0.3) is 0 Å². The number of fused-ring (bicyclic) bond motifs is 3. The van der Waals surface area contributed by atoms with Crippen LogP contribution in [0.15, 0.2) is 42.5 Å². The van der Waals surface area contributed by atoms with Gasteiger partial charge in [-0.05, 0) is 37.1 Å². The molecule has 0 aliphatic heterocycles. The first-order chi connectivity index (χ1) is 10.6. The van der Waals surface area contributed by atoms with Gasteiger partial charge in [-0.3, -0.25) is 4.79 Å². The van der Waals surface area contributed by atoms with Gasteiger partial charge in [0.15, 0.2) is 0 Å². The van der Waals surface area contributed by atoms with E-state index in [1.54, 1.807) is 0 Å². The number of benzene rings is 2. The number of nitrogens with zero attached hydrogens (tertiary/aromatic N) is 1. The summed E-state index contributed by atoms with van der Waals surface area (Å²) >= 11 is 0. The molecule has 22 heavy (non-hydrogen) atoms. The minimum absolute atomic E-state index is 0.0932. The molecule has 2 aromatic carbocycles. The molecule has 1 atom stereocenters. The van der Waals surface area contributed by atoms with E-state index in [0.29, 0.717) is 6.42 Å². The Balaban J connectivity index is 2.09. The summed E-state index contributed by atoms with van der Waals surface area (Å²) < 4.78 is 2.29. The number of hydrogen-bond donors (Lipinski definition) is 2. The molecule has 0 saturated carbocycles. The number of aryl methyl sites for hydroxylation is 1. The average molecular weight is 296 g/mol. The quantitative estimate of drug-likeness (QED) is 0.754. The fourth-order valence-corrected chi connectivity index (χ4v) is 3.09. The molecule has 4 heteroatoms. The topological polar surface area (TPSA) is 68.2 Å². The van der Waals surface area contributed by atoms with Crippen LogP contribution in [0.3, 0.4) is 0 Å². The van der Waals surface area contributed by atoms with Crippen molar-refractivity contribution in [2.75, 3.05) is 0 Å². The summed E-state index contributed by atoms with van der Waals surface area (Å²) in [7, 11) is 0. The lowest BCUT2D eigenvalue weighted by atomic mass is 10.0. The van der Waals surface area contributed by atoms with E-state index in [-0.39, 0.29) is 12.5 Å². The monoisotopic (exact) mass is 296 g/mol. The Bertz CT molecular complexity index is 836. The second-order valence-corrected chi connectivity index (χ2v) is 5.58. The molecule has 0 spiro atoms. The van der Waals surface area contributed by atoms with Crippen molar-refractivity contribution in [3.8, 4) is 0 Å². The van der Waals surface area contributed by atoms with Crippen LogP contribution in [0.5, 0.6) is 0 Å². The van der Waals surface area contributed by atoms with Gasteiger partial charge in [-0.2, -0.15) is 0 Å². The predicted molar refractivity (Wildman–Crippen MR) is 88.9 cm³/mol. The van der Waals surface area contributed by atoms with Gasteiger partial charge in [0.1, 0.15) is 0 Å². The van der Waals surface area contributed by atoms with E-state index in [9.17, 15) is 4.79 Å². The molecule has 0 aliphatic rings. The molecule has 1 unspecified atom stereocenters. The molecule has 3 rings (SSSR count). The lowest BCUT2D eigenvalue weighted by molar-refractivity contribution is -0.137. The van der Waals surface area contributed by atoms with Crippen molar-refractivity contribution in [1.29, 1.82) is 0 Å². The number of carbonyl (C=O) groups is 1. The molecule has 3 aromatic rings. The van der Waals surface area contributed by atoms with Crippen LogP contribution in [-0.2, 0) is 11.3 Å². The van der Waals surface area contributed by atoms with E-state index in [0.717, 1.165) is 12.1 Å². The third-order valence-electron chi connectivity index (χ3n) is 4.21. The molecule has 0 bridgehead atoms. The highest BCUT2D eigenvalue weighted by Gasteiger charge is 2.13. The van der Waals surface area contributed by atoms with Gasteiger partial charge in [-0.1, -0.05) is 24.3 Å². The molecule has 0 aliphatic carbocycles. The second-order valence-electron chi connectivity index (χ2n) is 5.58. The number of aliphatic carboxylic acids is 1. The number of aromatic nitrogens is 1. The molecule has 1 aromatic heterocycles. The Labute approximate surface area is 129 Å². The molecule has 0 saturated heterocycles. The first-order valence-corrected chi connectivity index (χ1v) is 7.60. The number of nitrogens with two attached hydrogens (primary N) is 1. The summed E-state index contributed by atoms with van der Waals surface area (Å²) in [6.45, 7) is 3.05. The highest BCUT2D eigenvalue weighted by molar-refractivity contribution is 6.08. The Morgan fingerprint density at radius 3 is 2.64 bits per heavy atom. The molecule has 114 valence electrons. The van der Waals surface area contributed by atoms with Crippen molar-refractivity contribution < 1.29 is 9.90 Å². The lowest BCUT2D eigenvalue weighted by Crippen LogP contribution is -2.12. The second kappa shape index (κ2) is 5.81. The van der Waals surface area contributed by atoms with Crippen molar-refractivity contribution >= 4 is 27.8 Å². The largest absolute Gasteiger partial charge is 0.481 e. The predicted octanol–water partition coefficient (Wildman–Crippen LogP) is 3.68. The van der Waals surface area contributed by atoms with Crippen LogP contribution in [0.25, 0.3) is 21.8 Å². The maximum Gasteiger partial charge on any atom is 0.303 e. The summed E-state index contributed by atoms with van der Waals surface area (Å²) in [5.74, 6) is -0.806. The molecular formula is C18H20N2O2. The van der Waals surface area contributed by atoms with E-state index in [2.05, 4.69) is 35.8 Å². The molecule has 0 fully saturated rings. The maximum absolute atomic E-state index is 10.7. The van der Waals surface area contributed by atoms with Crippen LogP contribution in [0.2, 0.25) is 0 Å². The van der Waals surface area contributed by atoms with Gasteiger partial charge >= 0.3 is 5.97 Å². The molecular weight excluding hydrogens is 276 g/mol. The van der Waals surface area contributed by atoms with E-state index >= 15 is 0 Å². The average Bonchev–Trinajstić information content (AvgIpc) is 2.85. The fourth-order valence-electron chi connectivity index (χ4n) is 3.09. The van der Waals surface area contributed by atoms with Crippen LogP contribution in [0, 0.1) is 0 Å². The summed E-state index contributed by atoms with van der Waals surface area (Å²) in [5.41, 5.74) is 9.55. The smallest absolute Gasteiger partial charge is 0.303 e. The minimum atomic E-state index is -0.806. The lowest BCUT2D eigenvalue weighted by Gasteiger charge is -2.11. The third kappa shape index (κ3) is 2.46. The number of para-hydroxylation sites is 1. The zero-order chi connectivity index (χ0) is 15.7. The summed E-state index contributed by atoms with van der Waals surface area (Å²) in [5, 5.41) is 11.2. The van der Waals surface area contributed by atoms with Gasteiger partial charge in [-0.25, -0.2) is 0 Å². The summed E-state index contributed by atoms with van der Waals surface area (Å²) in [4.78, 5) is 10.7. The van der Waals surface area contributed by atoms with Crippen LogP contribution < -0.4 is 5.73 Å². The Hall–Kier alpha value is -2.33. The summed E-state index contributed by atoms with van der Waals surface area (Å²) in [6.07, 6.45) is 0.545. The van der Waals surface area contributed by atoms with Crippen molar-refractivity contribution in [3.63, 3.8) is 0 Å². The number of carboxylic acids is 1. The number of hydrogen-bond acceptors (Lipinski definition) is 2. The molecule has 4 nitrogen and oxygen atoms in total. The van der Waals surface area contributed by atoms with Crippen molar-refractivity contribution in [2.45, 2.75) is 32.4 Å². The van der Waals surface area contributed by atoms with Crippen molar-refractivity contribution in [3.05, 3.63) is 48.0 Å². The Morgan fingerprint density at radius 1 is 1.18 bits per heavy atom. The Kier molecular flexibility index (Phi) is 3.86. The SMILES string of the molecule is CCn1c2ccccc2c2cc(C(N)CCC(=O)O)ccc21. The van der Waals surface area contributed by atoms with E-state index in [1.165, 1.54) is 21.8 Å². The first kappa shape index (κ1) is 14.6. The standard InChI is InChI=1S/C18H20N2O2/c1-2-20-16-6-4-3-5-13(16)14-11-12(7-9-17(14)20)15(19)8-10-18(21)22/h3-7,9,11,15H,2,8,10,19H2,1H3,(H,21,22). The molecule has 0 radical (unpaired) electrons. The first-order valence-electron chi connectivity index (χ1n) is 7.60. The molecule has 0 amide bonds. The van der Waals surface area contributed by atoms with Gasteiger partial charge in [0, 0.05) is 40.8 Å². The fraction of sp³-hybridized carbons (Fsp3) is 0.278. The highest BCUT2D eigenvalue weighted by atomic mass is 16.4. The van der Waals surface area contributed by atoms with E-state index in [4.69, 9.17) is 10.8 Å². The third-order valence-corrected chi connectivity index (χ3v) is 4.21. The molecule has 3 N–H and O–H groups in total. The zero-order valence-corrected chi connectivity index (χ0v) is 12.6. The minimum Gasteiger partial charge on any atom is -0.481 e. The van der Waals surface area contributed by atoms with Gasteiger partial charge in [-0.15, -0.1) is 0 Å². The van der Waals surface area contributed by atoms with E-state index < -0.39 is 5.97 Å². The van der Waals surface area contributed by atoms with Crippen LogP contribution >= 0.6 is 0 Å². The van der Waals surface area contributed by atoms with Crippen LogP contribution in [-0.4, -0.2) is 15.6 Å². The van der Waals surface area contributed by atoms with Crippen molar-refractivity contribution in [1.82, 2.24) is 4.57 Å². The number of carboxylic acid groups (broad SMARTS) is 1. The van der Waals surface area contributed by atoms with Gasteiger partial charge in [0.2, 0.25) is 0 Å². The van der Waals surface area contributed by atoms with Gasteiger partial charge in [0.05, 0.1) is 0 Å². The van der Waals surface area contributed by atoms with Crippen molar-refractivity contribution in [2.24, 2.45) is 5.73 Å². The summed E-state index contributed by atoms with van der Waals surface area (Å²) in [6, 6.07) is 14.3. The zero-order valence-electron chi connectivity index (χ0n) is 12.6. The highest BCUT2D eigenvalue weighted by Crippen LogP contribution is 2.31. The van der Waals surface area contributed by atoms with Crippen LogP contribution in [0.4, 0.5) is 0 Å². The number of rotatable bonds is 5. The Morgan fingerprint density at radius 2 is 1.91 bits per heavy atom. The van der Waals surface area contributed by atoms with E-state index in [1.807, 2.05) is 18.2 Å². The van der Waals surface area contributed by atoms with Gasteiger partial charge < -0.3 is 15.4 Å².